The standard InChI is InChI=1S/C6HF15N2O2/c7-1(24-22(3(10,11)12)4(13,14)15)2(8,9)25-23(5(16,17)18)6(19,20)21/h1H. The molecule has 0 heterocycles. The summed E-state index contributed by atoms with van der Waals surface area (Å²) in [6, 6.07) is 0. The third kappa shape index (κ3) is 6.90. The third-order valence-corrected chi connectivity index (χ3v) is 1.60. The predicted octanol–water partition coefficient (Wildman–Crippen LogP) is 4.42. The Morgan fingerprint density at radius 2 is 0.800 bits per heavy atom. The first-order valence-corrected chi connectivity index (χ1v) is 4.85. The smallest absolute Gasteiger partial charge is 0.237 e. The normalized spacial score (nSPS) is 16.7. The highest BCUT2D eigenvalue weighted by molar-refractivity contribution is 4.62. The van der Waals surface area contributed by atoms with Gasteiger partial charge in [-0.3, -0.25) is 0 Å². The molecule has 0 aliphatic rings. The van der Waals surface area contributed by atoms with E-state index in [-0.39, 0.29) is 0 Å². The molecule has 0 rings (SSSR count). The van der Waals surface area contributed by atoms with Crippen LogP contribution in [0.15, 0.2) is 0 Å². The fraction of sp³-hybridized carbons (Fsp3) is 1.00. The molecule has 0 radical (unpaired) electrons. The van der Waals surface area contributed by atoms with Crippen LogP contribution in [0.25, 0.3) is 0 Å². The Balaban J connectivity index is 5.50. The Bertz CT molecular complexity index is 407. The van der Waals surface area contributed by atoms with Crippen LogP contribution >= 0.6 is 0 Å². The van der Waals surface area contributed by atoms with Crippen LogP contribution in [0.4, 0.5) is 65.9 Å². The Morgan fingerprint density at radius 3 is 1.04 bits per heavy atom. The van der Waals surface area contributed by atoms with Crippen LogP contribution in [0.2, 0.25) is 0 Å². The second kappa shape index (κ2) is 6.83. The van der Waals surface area contributed by atoms with Crippen LogP contribution in [0.5, 0.6) is 0 Å². The van der Waals surface area contributed by atoms with Gasteiger partial charge in [-0.1, -0.05) is 0 Å². The van der Waals surface area contributed by atoms with Gasteiger partial charge in [0.25, 0.3) is 0 Å². The first-order chi connectivity index (χ1) is 10.6. The highest BCUT2D eigenvalue weighted by atomic mass is 19.4. The molecule has 19 heteroatoms. The molecule has 25 heavy (non-hydrogen) atoms. The summed E-state index contributed by atoms with van der Waals surface area (Å²) in [7, 11) is 0. The second-order valence-corrected chi connectivity index (χ2v) is 3.53. The molecule has 0 saturated heterocycles. The van der Waals surface area contributed by atoms with E-state index in [4.69, 9.17) is 0 Å². The molecule has 152 valence electrons. The van der Waals surface area contributed by atoms with Crippen molar-refractivity contribution in [1.82, 2.24) is 10.1 Å². The molecule has 4 nitrogen and oxygen atoms in total. The van der Waals surface area contributed by atoms with Gasteiger partial charge in [-0.15, -0.1) is 0 Å². The van der Waals surface area contributed by atoms with Crippen molar-refractivity contribution in [3.63, 3.8) is 0 Å². The number of rotatable bonds is 5. The van der Waals surface area contributed by atoms with Gasteiger partial charge in [0.15, 0.2) is 0 Å². The summed E-state index contributed by atoms with van der Waals surface area (Å²) >= 11 is 0. The average molecular weight is 418 g/mol. The second-order valence-electron chi connectivity index (χ2n) is 3.53. The predicted molar refractivity (Wildman–Crippen MR) is 39.9 cm³/mol. The van der Waals surface area contributed by atoms with E-state index in [2.05, 4.69) is 4.84 Å². The zero-order valence-corrected chi connectivity index (χ0v) is 10.5. The lowest BCUT2D eigenvalue weighted by Crippen LogP contribution is -2.56. The minimum absolute atomic E-state index is 1.84. The number of halogens is 15. The number of nitrogens with zero attached hydrogens (tertiary/aromatic N) is 2. The first-order valence-electron chi connectivity index (χ1n) is 4.85. The van der Waals surface area contributed by atoms with Crippen molar-refractivity contribution in [2.75, 3.05) is 0 Å². The van der Waals surface area contributed by atoms with Crippen molar-refractivity contribution >= 4 is 0 Å². The SMILES string of the molecule is FC(ON(C(F)(F)F)C(F)(F)F)C(F)(F)ON(C(F)(F)F)C(F)(F)F. The zero-order chi connectivity index (χ0) is 20.6. The molecule has 1 atom stereocenters. The van der Waals surface area contributed by atoms with E-state index in [1.807, 2.05) is 4.84 Å². The summed E-state index contributed by atoms with van der Waals surface area (Å²) in [5.41, 5.74) is 0. The van der Waals surface area contributed by atoms with E-state index in [0.29, 0.717) is 0 Å². The molecule has 0 spiro atoms. The minimum atomic E-state index is -6.82. The number of alkyl halides is 15. The summed E-state index contributed by atoms with van der Waals surface area (Å²) in [4.78, 5) is 3.89. The van der Waals surface area contributed by atoms with Crippen molar-refractivity contribution in [2.24, 2.45) is 0 Å². The van der Waals surface area contributed by atoms with E-state index in [9.17, 15) is 65.9 Å². The highest BCUT2D eigenvalue weighted by Crippen LogP contribution is 2.41. The van der Waals surface area contributed by atoms with Crippen LogP contribution < -0.4 is 0 Å². The fourth-order valence-corrected chi connectivity index (χ4v) is 0.828. The summed E-state index contributed by atoms with van der Waals surface area (Å²) in [6.45, 7) is 0. The van der Waals surface area contributed by atoms with Gasteiger partial charge in [-0.05, 0) is 0 Å². The van der Waals surface area contributed by atoms with Gasteiger partial charge in [-0.25, -0.2) is 14.1 Å². The van der Waals surface area contributed by atoms with Gasteiger partial charge in [0.05, 0.1) is 0 Å². The van der Waals surface area contributed by atoms with Crippen LogP contribution in [-0.4, -0.2) is 47.8 Å². The van der Waals surface area contributed by atoms with Gasteiger partial charge in [-0.2, -0.15) is 61.5 Å². The van der Waals surface area contributed by atoms with E-state index in [1.54, 1.807) is 0 Å². The molecule has 0 aromatic carbocycles. The molecular weight excluding hydrogens is 417 g/mol. The molecule has 0 aliphatic heterocycles. The lowest BCUT2D eigenvalue weighted by atomic mass is 10.6. The summed E-state index contributed by atoms with van der Waals surface area (Å²) < 4.78 is 181. The minimum Gasteiger partial charge on any atom is -0.237 e. The van der Waals surface area contributed by atoms with Gasteiger partial charge >= 0.3 is 37.7 Å². The molecule has 1 unspecified atom stereocenters. The summed E-state index contributed by atoms with van der Waals surface area (Å²) in [5, 5.41) is -6.78. The van der Waals surface area contributed by atoms with Gasteiger partial charge in [0.1, 0.15) is 0 Å². The molecule has 0 aromatic heterocycles. The summed E-state index contributed by atoms with van der Waals surface area (Å²) in [6.07, 6.45) is -39.1. The third-order valence-electron chi connectivity index (χ3n) is 1.60. The number of hydrogen-bond donors (Lipinski definition) is 0. The van der Waals surface area contributed by atoms with Crippen LogP contribution in [-0.2, 0) is 9.68 Å². The van der Waals surface area contributed by atoms with E-state index in [1.165, 1.54) is 0 Å². The zero-order valence-electron chi connectivity index (χ0n) is 10.5. The first kappa shape index (κ1) is 23.8. The Morgan fingerprint density at radius 1 is 0.520 bits per heavy atom. The van der Waals surface area contributed by atoms with Crippen LogP contribution in [0, 0.1) is 0 Å². The molecule has 0 bridgehead atoms. The van der Waals surface area contributed by atoms with E-state index < -0.39 is 47.8 Å². The maximum atomic E-state index is 12.7. The van der Waals surface area contributed by atoms with Crippen molar-refractivity contribution in [1.29, 1.82) is 0 Å². The molecular formula is C6HF15N2O2. The molecule has 0 saturated carbocycles. The number of hydrogen-bond acceptors (Lipinski definition) is 4. The maximum Gasteiger partial charge on any atom is 0.490 e. The van der Waals surface area contributed by atoms with E-state index >= 15 is 0 Å². The monoisotopic (exact) mass is 418 g/mol. The highest BCUT2D eigenvalue weighted by Gasteiger charge is 2.64. The largest absolute Gasteiger partial charge is 0.490 e. The lowest BCUT2D eigenvalue weighted by molar-refractivity contribution is -0.568. The van der Waals surface area contributed by atoms with E-state index in [0.717, 1.165) is 0 Å². The van der Waals surface area contributed by atoms with Crippen molar-refractivity contribution < 1.29 is 75.5 Å². The van der Waals surface area contributed by atoms with Crippen LogP contribution in [0.1, 0.15) is 0 Å². The molecule has 0 fully saturated rings. The van der Waals surface area contributed by atoms with Crippen molar-refractivity contribution in [3.8, 4) is 0 Å². The molecule has 0 aliphatic carbocycles. The van der Waals surface area contributed by atoms with Gasteiger partial charge in [0.2, 0.25) is 0 Å². The molecule has 0 amide bonds. The van der Waals surface area contributed by atoms with Crippen molar-refractivity contribution in [3.05, 3.63) is 0 Å². The molecule has 0 aromatic rings. The molecule has 0 N–H and O–H groups in total. The number of hydroxylamine groups is 4. The topological polar surface area (TPSA) is 24.9 Å². The quantitative estimate of drug-likeness (QED) is 0.375. The Kier molecular flexibility index (Phi) is 6.50. The lowest BCUT2D eigenvalue weighted by Gasteiger charge is -2.32. The van der Waals surface area contributed by atoms with Crippen LogP contribution in [0.3, 0.4) is 0 Å². The average Bonchev–Trinajstić information content (AvgIpc) is 2.26. The Labute approximate surface area is 125 Å². The van der Waals surface area contributed by atoms with Gasteiger partial charge in [0, 0.05) is 10.1 Å². The van der Waals surface area contributed by atoms with Crippen molar-refractivity contribution in [2.45, 2.75) is 37.7 Å². The Hall–Kier alpha value is -1.21. The maximum absolute atomic E-state index is 12.7. The fourth-order valence-electron chi connectivity index (χ4n) is 0.828. The van der Waals surface area contributed by atoms with Gasteiger partial charge < -0.3 is 0 Å². The summed E-state index contributed by atoms with van der Waals surface area (Å²) in [5.74, 6) is 0.